The monoisotopic (exact) mass is 198 g/mol. The number of thiazole rings is 1. The van der Waals surface area contributed by atoms with E-state index >= 15 is 0 Å². The zero-order valence-electron chi connectivity index (χ0n) is 7.52. The third-order valence-electron chi connectivity index (χ3n) is 1.86. The second kappa shape index (κ2) is 4.11. The van der Waals surface area contributed by atoms with Crippen molar-refractivity contribution in [3.8, 4) is 0 Å². The van der Waals surface area contributed by atoms with E-state index in [1.54, 1.807) is 4.57 Å². The Morgan fingerprint density at radius 3 is 2.77 bits per heavy atom. The fraction of sp³-hybridized carbons (Fsp3) is 0.571. The molecule has 0 aliphatic rings. The maximum absolute atomic E-state index is 11.3. The molecule has 0 aromatic carbocycles. The molecule has 5 nitrogen and oxygen atoms in total. The summed E-state index contributed by atoms with van der Waals surface area (Å²) in [5.41, 5.74) is 9.02. The Hall–Kier alpha value is -1.26. The molecule has 1 heterocycles. The van der Waals surface area contributed by atoms with Crippen molar-refractivity contribution in [3.05, 3.63) is 30.7 Å². The molecule has 70 valence electrons. The SMILES string of the molecule is Cc1sc(=O)n(CCN=[N+]=[N-])c1C. The van der Waals surface area contributed by atoms with Gasteiger partial charge in [-0.25, -0.2) is 0 Å². The van der Waals surface area contributed by atoms with Crippen molar-refractivity contribution in [1.29, 1.82) is 0 Å². The van der Waals surface area contributed by atoms with E-state index in [0.717, 1.165) is 10.6 Å². The minimum atomic E-state index is 0.0168. The van der Waals surface area contributed by atoms with Crippen molar-refractivity contribution >= 4 is 11.3 Å². The Bertz CT molecular complexity index is 399. The van der Waals surface area contributed by atoms with E-state index in [1.165, 1.54) is 11.3 Å². The largest absolute Gasteiger partial charge is 0.307 e. The normalized spacial score (nSPS) is 9.69. The van der Waals surface area contributed by atoms with Crippen LogP contribution in [0.3, 0.4) is 0 Å². The summed E-state index contributed by atoms with van der Waals surface area (Å²) >= 11 is 1.23. The summed E-state index contributed by atoms with van der Waals surface area (Å²) in [4.78, 5) is 15.0. The van der Waals surface area contributed by atoms with E-state index in [0.29, 0.717) is 13.1 Å². The summed E-state index contributed by atoms with van der Waals surface area (Å²) < 4.78 is 1.63. The molecular formula is C7H10N4OS. The Morgan fingerprint density at radius 1 is 1.62 bits per heavy atom. The van der Waals surface area contributed by atoms with Crippen molar-refractivity contribution in [2.75, 3.05) is 6.54 Å². The minimum absolute atomic E-state index is 0.0168. The highest BCUT2D eigenvalue weighted by molar-refractivity contribution is 7.09. The Labute approximate surface area is 79.3 Å². The van der Waals surface area contributed by atoms with Crippen LogP contribution in [0.1, 0.15) is 10.6 Å². The van der Waals surface area contributed by atoms with Crippen molar-refractivity contribution in [1.82, 2.24) is 4.57 Å². The van der Waals surface area contributed by atoms with Crippen LogP contribution in [-0.2, 0) is 6.54 Å². The lowest BCUT2D eigenvalue weighted by molar-refractivity contribution is 0.674. The fourth-order valence-electron chi connectivity index (χ4n) is 1.04. The van der Waals surface area contributed by atoms with Gasteiger partial charge in [-0.05, 0) is 19.4 Å². The fourth-order valence-corrected chi connectivity index (χ4v) is 1.89. The summed E-state index contributed by atoms with van der Waals surface area (Å²) in [6, 6.07) is 0. The smallest absolute Gasteiger partial charge is 0.303 e. The first-order valence-corrected chi connectivity index (χ1v) is 4.66. The Balaban J connectivity index is 2.87. The Kier molecular flexibility index (Phi) is 3.11. The number of rotatable bonds is 3. The number of aromatic nitrogens is 1. The topological polar surface area (TPSA) is 70.8 Å². The predicted molar refractivity (Wildman–Crippen MR) is 52.1 cm³/mol. The number of nitrogens with zero attached hydrogens (tertiary/aromatic N) is 4. The van der Waals surface area contributed by atoms with Gasteiger partial charge in [-0.2, -0.15) is 0 Å². The van der Waals surface area contributed by atoms with Crippen LogP contribution < -0.4 is 4.87 Å². The summed E-state index contributed by atoms with van der Waals surface area (Å²) in [6.07, 6.45) is 0. The zero-order chi connectivity index (χ0) is 9.84. The molecular weight excluding hydrogens is 188 g/mol. The third-order valence-corrected chi connectivity index (χ3v) is 2.86. The molecule has 1 aromatic heterocycles. The summed E-state index contributed by atoms with van der Waals surface area (Å²) in [7, 11) is 0. The summed E-state index contributed by atoms with van der Waals surface area (Å²) in [6.45, 7) is 4.60. The summed E-state index contributed by atoms with van der Waals surface area (Å²) in [5.74, 6) is 0. The highest BCUT2D eigenvalue weighted by Crippen LogP contribution is 2.08. The van der Waals surface area contributed by atoms with Crippen LogP contribution in [0.5, 0.6) is 0 Å². The molecule has 13 heavy (non-hydrogen) atoms. The quantitative estimate of drug-likeness (QED) is 0.415. The van der Waals surface area contributed by atoms with E-state index in [4.69, 9.17) is 5.53 Å². The Morgan fingerprint density at radius 2 is 2.31 bits per heavy atom. The maximum Gasteiger partial charge on any atom is 0.307 e. The third kappa shape index (κ3) is 2.11. The van der Waals surface area contributed by atoms with Crippen LogP contribution in [0, 0.1) is 13.8 Å². The van der Waals surface area contributed by atoms with Crippen molar-refractivity contribution in [2.24, 2.45) is 5.11 Å². The standard InChI is InChI=1S/C7H10N4OS/c1-5-6(2)13-7(12)11(5)4-3-9-10-8/h3-4H2,1-2H3. The lowest BCUT2D eigenvalue weighted by atomic mass is 10.4. The summed E-state index contributed by atoms with van der Waals surface area (Å²) in [5, 5.41) is 3.38. The molecule has 6 heteroatoms. The van der Waals surface area contributed by atoms with Gasteiger partial charge in [0.05, 0.1) is 0 Å². The van der Waals surface area contributed by atoms with Crippen LogP contribution in [0.15, 0.2) is 9.91 Å². The van der Waals surface area contributed by atoms with Crippen molar-refractivity contribution in [2.45, 2.75) is 20.4 Å². The molecule has 0 bridgehead atoms. The predicted octanol–water partition coefficient (Wildman–Crippen LogP) is 1.84. The van der Waals surface area contributed by atoms with E-state index < -0.39 is 0 Å². The van der Waals surface area contributed by atoms with Crippen LogP contribution in [-0.4, -0.2) is 11.1 Å². The average molecular weight is 198 g/mol. The number of hydrogen-bond donors (Lipinski definition) is 0. The number of hydrogen-bond acceptors (Lipinski definition) is 3. The highest BCUT2D eigenvalue weighted by atomic mass is 32.1. The zero-order valence-corrected chi connectivity index (χ0v) is 8.34. The van der Waals surface area contributed by atoms with Gasteiger partial charge in [0.1, 0.15) is 0 Å². The van der Waals surface area contributed by atoms with Crippen LogP contribution in [0.4, 0.5) is 0 Å². The lowest BCUT2D eigenvalue weighted by Crippen LogP contribution is -2.15. The van der Waals surface area contributed by atoms with E-state index in [-0.39, 0.29) is 4.87 Å². The molecule has 0 unspecified atom stereocenters. The highest BCUT2D eigenvalue weighted by Gasteiger charge is 2.05. The molecule has 0 aliphatic carbocycles. The molecule has 1 aromatic rings. The van der Waals surface area contributed by atoms with Gasteiger partial charge in [-0.15, -0.1) is 0 Å². The van der Waals surface area contributed by atoms with Crippen LogP contribution >= 0.6 is 11.3 Å². The number of aryl methyl sites for hydroxylation is 1. The van der Waals surface area contributed by atoms with Crippen molar-refractivity contribution < 1.29 is 0 Å². The maximum atomic E-state index is 11.3. The van der Waals surface area contributed by atoms with Gasteiger partial charge in [0.2, 0.25) is 0 Å². The first kappa shape index (κ1) is 9.83. The minimum Gasteiger partial charge on any atom is -0.303 e. The molecule has 1 rings (SSSR count). The molecule has 0 saturated carbocycles. The molecule has 0 amide bonds. The van der Waals surface area contributed by atoms with E-state index in [2.05, 4.69) is 10.0 Å². The van der Waals surface area contributed by atoms with Crippen LogP contribution in [0.25, 0.3) is 10.4 Å². The van der Waals surface area contributed by atoms with Gasteiger partial charge in [0.25, 0.3) is 0 Å². The second-order valence-electron chi connectivity index (χ2n) is 2.62. The number of azide groups is 1. The van der Waals surface area contributed by atoms with Gasteiger partial charge in [-0.1, -0.05) is 16.5 Å². The van der Waals surface area contributed by atoms with Crippen LogP contribution in [0.2, 0.25) is 0 Å². The first-order chi connectivity index (χ1) is 6.16. The van der Waals surface area contributed by atoms with E-state index in [1.807, 2.05) is 13.8 Å². The van der Waals surface area contributed by atoms with E-state index in [9.17, 15) is 4.79 Å². The molecule has 0 aliphatic heterocycles. The van der Waals surface area contributed by atoms with Gasteiger partial charge >= 0.3 is 4.87 Å². The molecule has 0 radical (unpaired) electrons. The molecule has 0 spiro atoms. The van der Waals surface area contributed by atoms with Gasteiger partial charge < -0.3 is 4.57 Å². The molecule has 0 saturated heterocycles. The molecule has 0 N–H and O–H groups in total. The first-order valence-electron chi connectivity index (χ1n) is 3.84. The second-order valence-corrected chi connectivity index (χ2v) is 3.78. The molecule has 0 fully saturated rings. The molecule has 0 atom stereocenters. The van der Waals surface area contributed by atoms with Crippen molar-refractivity contribution in [3.63, 3.8) is 0 Å². The van der Waals surface area contributed by atoms with Gasteiger partial charge in [0, 0.05) is 28.6 Å². The van der Waals surface area contributed by atoms with Gasteiger partial charge in [0.15, 0.2) is 0 Å². The van der Waals surface area contributed by atoms with Gasteiger partial charge in [-0.3, -0.25) is 4.79 Å². The average Bonchev–Trinajstić information content (AvgIpc) is 2.32. The lowest BCUT2D eigenvalue weighted by Gasteiger charge is -2.00.